The van der Waals surface area contributed by atoms with Gasteiger partial charge in [-0.15, -0.1) is 0 Å². The number of carbonyl (C=O) groups excluding carboxylic acids is 1. The molecule has 0 saturated carbocycles. The number of nitrogens with zero attached hydrogens (tertiary/aromatic N) is 1. The molecule has 176 valence electrons. The van der Waals surface area contributed by atoms with E-state index in [1.165, 1.54) is 35.6 Å². The fourth-order valence-electron chi connectivity index (χ4n) is 3.72. The van der Waals surface area contributed by atoms with Gasteiger partial charge in [0.05, 0.1) is 22.0 Å². The van der Waals surface area contributed by atoms with E-state index in [9.17, 15) is 13.2 Å². The summed E-state index contributed by atoms with van der Waals surface area (Å²) in [6, 6.07) is 11.4. The number of benzene rings is 2. The van der Waals surface area contributed by atoms with Gasteiger partial charge in [0.15, 0.2) is 5.69 Å². The molecular weight excluding hydrogens is 513 g/mol. The lowest BCUT2D eigenvalue weighted by Crippen LogP contribution is -2.20. The molecule has 0 saturated heterocycles. The van der Waals surface area contributed by atoms with Crippen molar-refractivity contribution < 1.29 is 17.9 Å². The van der Waals surface area contributed by atoms with Gasteiger partial charge in [-0.25, -0.2) is 17.2 Å². The van der Waals surface area contributed by atoms with Gasteiger partial charge in [-0.05, 0) is 79.1 Å². The molecule has 5 nitrogen and oxygen atoms in total. The molecule has 9 heteroatoms. The Bertz CT molecular complexity index is 1520. The first kappa shape index (κ1) is 24.5. The molecule has 2 aromatic carbocycles. The Morgan fingerprint density at radius 3 is 2.47 bits per heavy atom. The quantitative estimate of drug-likeness (QED) is 0.244. The van der Waals surface area contributed by atoms with Gasteiger partial charge >= 0.3 is 5.97 Å². The molecule has 4 aromatic rings. The number of fused-ring (bicyclic) bond motifs is 1. The summed E-state index contributed by atoms with van der Waals surface area (Å²) in [7, 11) is -4.21. The minimum Gasteiger partial charge on any atom is -0.461 e. The Morgan fingerprint density at radius 1 is 1.15 bits per heavy atom. The summed E-state index contributed by atoms with van der Waals surface area (Å²) in [6.45, 7) is 5.49. The van der Waals surface area contributed by atoms with Crippen LogP contribution in [-0.2, 0) is 14.8 Å². The number of hydrogen-bond donors (Lipinski definition) is 0. The van der Waals surface area contributed by atoms with Crippen molar-refractivity contribution in [3.63, 3.8) is 0 Å². The first-order valence-corrected chi connectivity index (χ1v) is 13.5. The zero-order chi connectivity index (χ0) is 24.6. The highest BCUT2D eigenvalue weighted by Gasteiger charge is 2.32. The van der Waals surface area contributed by atoms with Crippen LogP contribution in [0.25, 0.3) is 22.6 Å². The van der Waals surface area contributed by atoms with Crippen LogP contribution in [0.1, 0.15) is 41.0 Å². The van der Waals surface area contributed by atoms with Crippen molar-refractivity contribution >= 4 is 73.1 Å². The van der Waals surface area contributed by atoms with Gasteiger partial charge in [-0.2, -0.15) is 11.3 Å². The average molecular weight is 534 g/mol. The fraction of sp³-hybridized carbons (Fsp3) is 0.160. The Labute approximate surface area is 212 Å². The third-order valence-electron chi connectivity index (χ3n) is 5.35. The number of hydrogen-bond acceptors (Lipinski definition) is 5. The van der Waals surface area contributed by atoms with E-state index in [2.05, 4.69) is 0 Å². The van der Waals surface area contributed by atoms with Gasteiger partial charge < -0.3 is 4.74 Å². The van der Waals surface area contributed by atoms with E-state index in [0.29, 0.717) is 10.9 Å². The average Bonchev–Trinajstić information content (AvgIpc) is 3.41. The molecule has 34 heavy (non-hydrogen) atoms. The molecule has 0 amide bonds. The van der Waals surface area contributed by atoms with Crippen LogP contribution >= 0.6 is 34.5 Å². The van der Waals surface area contributed by atoms with Crippen LogP contribution in [0.3, 0.4) is 0 Å². The maximum Gasteiger partial charge on any atom is 0.356 e. The first-order chi connectivity index (χ1) is 16.1. The summed E-state index contributed by atoms with van der Waals surface area (Å²) < 4.78 is 34.1. The van der Waals surface area contributed by atoms with Gasteiger partial charge in [-0.3, -0.25) is 0 Å². The summed E-state index contributed by atoms with van der Waals surface area (Å²) in [5, 5.41) is 4.79. The highest BCUT2D eigenvalue weighted by atomic mass is 35.5. The van der Waals surface area contributed by atoms with Crippen LogP contribution < -0.4 is 0 Å². The molecule has 0 radical (unpaired) electrons. The van der Waals surface area contributed by atoms with Crippen molar-refractivity contribution in [2.24, 2.45) is 0 Å². The van der Waals surface area contributed by atoms with Gasteiger partial charge in [0, 0.05) is 16.0 Å². The van der Waals surface area contributed by atoms with Crippen molar-refractivity contribution in [3.05, 3.63) is 85.7 Å². The van der Waals surface area contributed by atoms with E-state index in [1.807, 2.05) is 30.7 Å². The van der Waals surface area contributed by atoms with Gasteiger partial charge in [0.25, 0.3) is 10.0 Å². The smallest absolute Gasteiger partial charge is 0.356 e. The van der Waals surface area contributed by atoms with E-state index in [0.717, 1.165) is 20.7 Å². The largest absolute Gasteiger partial charge is 0.461 e. The molecule has 0 N–H and O–H groups in total. The van der Waals surface area contributed by atoms with Crippen molar-refractivity contribution in [1.29, 1.82) is 0 Å². The molecule has 2 aromatic heterocycles. The van der Waals surface area contributed by atoms with Gasteiger partial charge in [0.2, 0.25) is 0 Å². The second-order valence-corrected chi connectivity index (χ2v) is 11.1. The molecule has 0 aliphatic rings. The molecule has 0 spiro atoms. The molecule has 0 fully saturated rings. The van der Waals surface area contributed by atoms with E-state index in [4.69, 9.17) is 27.9 Å². The number of allylic oxidation sites excluding steroid dienone is 1. The van der Waals surface area contributed by atoms with Crippen LogP contribution in [0.2, 0.25) is 10.0 Å². The monoisotopic (exact) mass is 533 g/mol. The number of aryl methyl sites for hydroxylation is 1. The summed E-state index contributed by atoms with van der Waals surface area (Å²) >= 11 is 14.4. The zero-order valence-electron chi connectivity index (χ0n) is 18.6. The third-order valence-corrected chi connectivity index (χ3v) is 8.27. The van der Waals surface area contributed by atoms with Crippen LogP contribution in [0, 0.1) is 6.92 Å². The molecule has 0 bridgehead atoms. The summed E-state index contributed by atoms with van der Waals surface area (Å²) in [5.41, 5.74) is 3.12. The van der Waals surface area contributed by atoms with Crippen LogP contribution in [0.4, 0.5) is 0 Å². The third kappa shape index (κ3) is 4.41. The molecule has 0 unspecified atom stereocenters. The molecule has 0 atom stereocenters. The number of carbonyl (C=O) groups is 1. The molecular formula is C25H21Cl2NO4S2. The highest BCUT2D eigenvalue weighted by molar-refractivity contribution is 7.90. The normalized spacial score (nSPS) is 12.3. The molecule has 2 heterocycles. The number of ether oxygens (including phenoxy) is 1. The Hall–Kier alpha value is -2.58. The number of halogens is 2. The lowest BCUT2D eigenvalue weighted by molar-refractivity contribution is 0.0518. The second-order valence-electron chi connectivity index (χ2n) is 7.69. The minimum absolute atomic E-state index is 0.0294. The lowest BCUT2D eigenvalue weighted by Gasteiger charge is -2.12. The summed E-state index contributed by atoms with van der Waals surface area (Å²) in [5.74, 6) is -0.772. The van der Waals surface area contributed by atoms with Crippen molar-refractivity contribution in [2.75, 3.05) is 6.61 Å². The Balaban J connectivity index is 2.15. The van der Waals surface area contributed by atoms with Crippen LogP contribution in [-0.4, -0.2) is 25.0 Å². The molecule has 4 rings (SSSR count). The Morgan fingerprint density at radius 2 is 1.85 bits per heavy atom. The van der Waals surface area contributed by atoms with Crippen molar-refractivity contribution in [2.45, 2.75) is 25.7 Å². The predicted molar refractivity (Wildman–Crippen MR) is 140 cm³/mol. The topological polar surface area (TPSA) is 65.4 Å². The SMILES string of the molecule is CCOC(=O)c1c(/C=C(/C)c2ccsc2)c2c(Cl)cc(Cl)cc2n1S(=O)(=O)c1ccc(C)cc1. The number of rotatable bonds is 6. The highest BCUT2D eigenvalue weighted by Crippen LogP contribution is 2.39. The Kier molecular flexibility index (Phi) is 6.92. The second kappa shape index (κ2) is 9.58. The van der Waals surface area contributed by atoms with Gasteiger partial charge in [-0.1, -0.05) is 40.9 Å². The summed E-state index contributed by atoms with van der Waals surface area (Å²) in [4.78, 5) is 13.3. The van der Waals surface area contributed by atoms with E-state index < -0.39 is 16.0 Å². The van der Waals surface area contributed by atoms with Crippen LogP contribution in [0.15, 0.2) is 58.1 Å². The number of esters is 1. The standard InChI is InChI=1S/C25H21Cl2NO4S2/c1-4-32-25(29)24-20(11-16(3)17-9-10-33-14-17)23-21(27)12-18(26)13-22(23)28(24)34(30,31)19-7-5-15(2)6-8-19/h5-14H,4H2,1-3H3/b16-11-. The number of aromatic nitrogens is 1. The van der Waals surface area contributed by atoms with Crippen LogP contribution in [0.5, 0.6) is 0 Å². The lowest BCUT2D eigenvalue weighted by atomic mass is 10.0. The molecule has 0 aliphatic carbocycles. The minimum atomic E-state index is -4.21. The van der Waals surface area contributed by atoms with Crippen molar-refractivity contribution in [3.8, 4) is 0 Å². The number of thiophene rings is 1. The molecule has 0 aliphatic heterocycles. The van der Waals surface area contributed by atoms with Crippen molar-refractivity contribution in [1.82, 2.24) is 3.97 Å². The van der Waals surface area contributed by atoms with E-state index >= 15 is 0 Å². The summed E-state index contributed by atoms with van der Waals surface area (Å²) in [6.07, 6.45) is 1.76. The van der Waals surface area contributed by atoms with E-state index in [1.54, 1.807) is 25.1 Å². The first-order valence-electron chi connectivity index (χ1n) is 10.4. The zero-order valence-corrected chi connectivity index (χ0v) is 21.8. The predicted octanol–water partition coefficient (Wildman–Crippen LogP) is 7.29. The van der Waals surface area contributed by atoms with E-state index in [-0.39, 0.29) is 32.8 Å². The maximum atomic E-state index is 13.9. The fourth-order valence-corrected chi connectivity index (χ4v) is 6.53. The maximum absolute atomic E-state index is 13.9. The van der Waals surface area contributed by atoms with Gasteiger partial charge in [0.1, 0.15) is 0 Å².